The maximum atomic E-state index is 4.14. The highest BCUT2D eigenvalue weighted by Gasteiger charge is 1.76. The molecule has 78 valence electrons. The average molecular weight is 200 g/mol. The van der Waals surface area contributed by atoms with Crippen LogP contribution in [-0.4, -0.2) is 0 Å². The summed E-state index contributed by atoms with van der Waals surface area (Å²) >= 11 is 4.14. The van der Waals surface area contributed by atoms with Crippen molar-refractivity contribution in [2.45, 2.75) is 41.5 Å². The van der Waals surface area contributed by atoms with Gasteiger partial charge in [0.15, 0.2) is 0 Å². The molecule has 0 aliphatic heterocycles. The van der Waals surface area contributed by atoms with E-state index in [2.05, 4.69) is 19.2 Å². The Balaban J connectivity index is -0.000000218. The van der Waals surface area contributed by atoms with Gasteiger partial charge in [-0.2, -0.15) is 0 Å². The highest BCUT2D eigenvalue weighted by Crippen LogP contribution is 2.02. The van der Waals surface area contributed by atoms with E-state index in [1.807, 2.05) is 59.8 Å². The Morgan fingerprint density at radius 2 is 1.46 bits per heavy atom. The summed E-state index contributed by atoms with van der Waals surface area (Å²) in [6, 6.07) is 0. The lowest BCUT2D eigenvalue weighted by molar-refractivity contribution is 1.50. The van der Waals surface area contributed by atoms with Gasteiger partial charge in [-0.3, -0.25) is 0 Å². The van der Waals surface area contributed by atoms with Crippen molar-refractivity contribution in [1.29, 1.82) is 0 Å². The fraction of sp³-hybridized carbons (Fsp3) is 0.500. The summed E-state index contributed by atoms with van der Waals surface area (Å²) in [4.78, 5) is 0.970. The second-order valence-electron chi connectivity index (χ2n) is 1.89. The van der Waals surface area contributed by atoms with Crippen LogP contribution in [0.1, 0.15) is 41.5 Å². The Morgan fingerprint density at radius 3 is 1.69 bits per heavy atom. The molecule has 0 heterocycles. The van der Waals surface area contributed by atoms with E-state index >= 15 is 0 Å². The van der Waals surface area contributed by atoms with E-state index in [1.54, 1.807) is 0 Å². The number of hydrogen-bond donors (Lipinski definition) is 1. The molecule has 0 aliphatic carbocycles. The highest BCUT2D eigenvalue weighted by atomic mass is 32.1. The summed E-state index contributed by atoms with van der Waals surface area (Å²) in [5.74, 6) is 0. The number of rotatable bonds is 2. The molecule has 0 spiro atoms. The fourth-order valence-corrected chi connectivity index (χ4v) is 0.398. The van der Waals surface area contributed by atoms with E-state index in [-0.39, 0.29) is 0 Å². The molecule has 0 atom stereocenters. The fourth-order valence-electron chi connectivity index (χ4n) is 0.324. The second kappa shape index (κ2) is 17.6. The summed E-state index contributed by atoms with van der Waals surface area (Å²) in [6.07, 6.45) is 5.79. The van der Waals surface area contributed by atoms with Crippen LogP contribution in [0.2, 0.25) is 0 Å². The zero-order valence-electron chi connectivity index (χ0n) is 9.89. The molecule has 0 saturated carbocycles. The third-order valence-electron chi connectivity index (χ3n) is 0.834. The van der Waals surface area contributed by atoms with Gasteiger partial charge in [0.1, 0.15) is 0 Å². The molecule has 0 unspecified atom stereocenters. The van der Waals surface area contributed by atoms with Crippen LogP contribution in [0.25, 0.3) is 0 Å². The molecule has 0 saturated heterocycles. The Bertz CT molecular complexity index is 153. The first-order valence-electron chi connectivity index (χ1n) is 4.85. The second-order valence-corrected chi connectivity index (χ2v) is 2.41. The van der Waals surface area contributed by atoms with E-state index in [9.17, 15) is 0 Å². The van der Waals surface area contributed by atoms with Gasteiger partial charge >= 0.3 is 0 Å². The number of allylic oxidation sites excluding steroid dienone is 4. The Kier molecular flexibility index (Phi) is 24.9. The van der Waals surface area contributed by atoms with E-state index in [0.29, 0.717) is 0 Å². The van der Waals surface area contributed by atoms with Gasteiger partial charge in [0, 0.05) is 0 Å². The first-order chi connectivity index (χ1) is 6.16. The van der Waals surface area contributed by atoms with Crippen molar-refractivity contribution in [2.75, 3.05) is 0 Å². The van der Waals surface area contributed by atoms with Crippen LogP contribution in [0.4, 0.5) is 0 Å². The van der Waals surface area contributed by atoms with E-state index in [4.69, 9.17) is 0 Å². The molecule has 0 aliphatic rings. The van der Waals surface area contributed by atoms with Crippen molar-refractivity contribution in [3.8, 4) is 0 Å². The summed E-state index contributed by atoms with van der Waals surface area (Å²) in [7, 11) is 0. The van der Waals surface area contributed by atoms with Crippen molar-refractivity contribution < 1.29 is 0 Å². The smallest absolute Gasteiger partial charge is 0.000269 e. The minimum Gasteiger partial charge on any atom is -0.144 e. The Hall–Kier alpha value is -0.430. The maximum Gasteiger partial charge on any atom is -0.000269 e. The lowest BCUT2D eigenvalue weighted by Crippen LogP contribution is -1.62. The molecule has 0 aromatic rings. The molecule has 0 N–H and O–H groups in total. The van der Waals surface area contributed by atoms with Crippen LogP contribution in [-0.2, 0) is 0 Å². The average Bonchev–Trinajstić information content (AvgIpc) is 2.20. The first-order valence-corrected chi connectivity index (χ1v) is 5.30. The van der Waals surface area contributed by atoms with E-state index in [1.165, 1.54) is 0 Å². The van der Waals surface area contributed by atoms with Gasteiger partial charge in [0.25, 0.3) is 0 Å². The van der Waals surface area contributed by atoms with Gasteiger partial charge in [-0.15, -0.1) is 12.6 Å². The molecule has 0 rings (SSSR count). The molecule has 0 aromatic heterocycles. The SMILES string of the molecule is C=C(C)/C=C\C(S)=C/C.CC.CC. The predicted molar refractivity (Wildman–Crippen MR) is 69.4 cm³/mol. The maximum absolute atomic E-state index is 4.14. The summed E-state index contributed by atoms with van der Waals surface area (Å²) in [5, 5.41) is 0. The van der Waals surface area contributed by atoms with Crippen LogP contribution >= 0.6 is 12.6 Å². The van der Waals surface area contributed by atoms with Gasteiger partial charge in [-0.05, 0) is 24.8 Å². The normalized spacial score (nSPS) is 9.62. The molecular formula is C12H24S. The molecule has 1 heteroatoms. The molecular weight excluding hydrogens is 176 g/mol. The largest absolute Gasteiger partial charge is 0.144 e. The standard InChI is InChI=1S/C8H12S.2C2H6/c1-4-8(9)6-5-7(2)3;2*1-2/h4-6,9H,2H2,1,3H3;2*1-2H3/b6-5-,8-4+;;. The van der Waals surface area contributed by atoms with Gasteiger partial charge < -0.3 is 0 Å². The first kappa shape index (κ1) is 18.4. The van der Waals surface area contributed by atoms with Gasteiger partial charge in [0.2, 0.25) is 0 Å². The molecule has 0 aromatic carbocycles. The van der Waals surface area contributed by atoms with Crippen LogP contribution in [0.3, 0.4) is 0 Å². The van der Waals surface area contributed by atoms with Crippen molar-refractivity contribution >= 4 is 12.6 Å². The van der Waals surface area contributed by atoms with Crippen LogP contribution in [0, 0.1) is 0 Å². The summed E-state index contributed by atoms with van der Waals surface area (Å²) in [6.45, 7) is 15.6. The van der Waals surface area contributed by atoms with E-state index < -0.39 is 0 Å². The van der Waals surface area contributed by atoms with Crippen molar-refractivity contribution in [1.82, 2.24) is 0 Å². The van der Waals surface area contributed by atoms with Crippen LogP contribution in [0.15, 0.2) is 35.3 Å². The van der Waals surface area contributed by atoms with Gasteiger partial charge in [-0.25, -0.2) is 0 Å². The highest BCUT2D eigenvalue weighted by molar-refractivity contribution is 7.84. The lowest BCUT2D eigenvalue weighted by atomic mass is 10.3. The summed E-state index contributed by atoms with van der Waals surface area (Å²) < 4.78 is 0. The molecule has 13 heavy (non-hydrogen) atoms. The molecule has 0 bridgehead atoms. The monoisotopic (exact) mass is 200 g/mol. The minimum absolute atomic E-state index is 0.970. The molecule has 0 amide bonds. The topological polar surface area (TPSA) is 0 Å². The number of thiol groups is 1. The van der Waals surface area contributed by atoms with Gasteiger partial charge in [0.05, 0.1) is 0 Å². The Morgan fingerprint density at radius 1 is 1.08 bits per heavy atom. The van der Waals surface area contributed by atoms with Crippen LogP contribution < -0.4 is 0 Å². The molecule has 0 fully saturated rings. The quantitative estimate of drug-likeness (QED) is 0.470. The third kappa shape index (κ3) is 24.5. The van der Waals surface area contributed by atoms with Crippen molar-refractivity contribution in [3.63, 3.8) is 0 Å². The van der Waals surface area contributed by atoms with Gasteiger partial charge in [-0.1, -0.05) is 52.0 Å². The predicted octanol–water partition coefficient (Wildman–Crippen LogP) is 5.00. The lowest BCUT2D eigenvalue weighted by Gasteiger charge is -1.86. The molecule has 0 radical (unpaired) electrons. The zero-order valence-corrected chi connectivity index (χ0v) is 10.8. The number of hydrogen-bond acceptors (Lipinski definition) is 1. The minimum atomic E-state index is 0.970. The Labute approximate surface area is 89.9 Å². The zero-order chi connectivity index (χ0) is 11.3. The van der Waals surface area contributed by atoms with Crippen molar-refractivity contribution in [2.24, 2.45) is 0 Å². The molecule has 0 nitrogen and oxygen atoms in total. The third-order valence-corrected chi connectivity index (χ3v) is 1.24. The van der Waals surface area contributed by atoms with Crippen LogP contribution in [0.5, 0.6) is 0 Å². The van der Waals surface area contributed by atoms with E-state index in [0.717, 1.165) is 10.5 Å². The summed E-state index contributed by atoms with van der Waals surface area (Å²) in [5.41, 5.74) is 1.04. The van der Waals surface area contributed by atoms with Crippen molar-refractivity contribution in [3.05, 3.63) is 35.3 Å².